The zero-order chi connectivity index (χ0) is 11.2. The average molecular weight is 206 g/mol. The number of ether oxygens (including phenoxy) is 2. The fraction of sp³-hybridized carbons (Fsp3) is 0.778. The number of hydrogen-bond donors (Lipinski definition) is 0. The minimum atomic E-state index is -1.34. The van der Waals surface area contributed by atoms with Crippen molar-refractivity contribution in [3.63, 3.8) is 0 Å². The fourth-order valence-corrected chi connectivity index (χ4v) is 0.703. The van der Waals surface area contributed by atoms with Gasteiger partial charge in [-0.1, -0.05) is 6.92 Å². The molecule has 0 aliphatic carbocycles. The van der Waals surface area contributed by atoms with E-state index in [1.54, 1.807) is 6.92 Å². The van der Waals surface area contributed by atoms with Gasteiger partial charge < -0.3 is 9.47 Å². The Balaban J connectivity index is 4.15. The molecule has 0 atom stereocenters. The molecule has 0 fully saturated rings. The van der Waals surface area contributed by atoms with Crippen LogP contribution in [0.5, 0.6) is 0 Å². The average Bonchev–Trinajstić information content (AvgIpc) is 2.13. The third kappa shape index (κ3) is 4.20. The second kappa shape index (κ2) is 5.57. The molecule has 0 saturated carbocycles. The third-order valence-corrected chi connectivity index (χ3v) is 1.46. The Morgan fingerprint density at radius 1 is 1.36 bits per heavy atom. The molecule has 0 rings (SSSR count). The van der Waals surface area contributed by atoms with E-state index < -0.39 is 24.2 Å². The molecule has 0 N–H and O–H groups in total. The third-order valence-electron chi connectivity index (χ3n) is 1.46. The maximum absolute atomic E-state index is 11.7. The highest BCUT2D eigenvalue weighted by Gasteiger charge is 2.33. The van der Waals surface area contributed by atoms with Crippen molar-refractivity contribution in [2.75, 3.05) is 13.3 Å². The molecule has 0 spiro atoms. The highest BCUT2D eigenvalue weighted by atomic mass is 19.1. The van der Waals surface area contributed by atoms with E-state index >= 15 is 0 Å². The van der Waals surface area contributed by atoms with Gasteiger partial charge in [0.25, 0.3) is 0 Å². The van der Waals surface area contributed by atoms with Gasteiger partial charge >= 0.3 is 11.9 Å². The Kier molecular flexibility index (Phi) is 5.12. The van der Waals surface area contributed by atoms with Crippen LogP contribution in [-0.4, -0.2) is 30.8 Å². The first-order valence-corrected chi connectivity index (χ1v) is 4.39. The van der Waals surface area contributed by atoms with E-state index in [1.165, 1.54) is 13.8 Å². The molecule has 5 heteroatoms. The smallest absolute Gasteiger partial charge is 0.350 e. The molecule has 4 nitrogen and oxygen atoms in total. The molecule has 14 heavy (non-hydrogen) atoms. The van der Waals surface area contributed by atoms with E-state index in [-0.39, 0.29) is 13.0 Å². The summed E-state index contributed by atoms with van der Waals surface area (Å²) in [6, 6.07) is 0. The summed E-state index contributed by atoms with van der Waals surface area (Å²) in [6.45, 7) is 3.36. The Bertz CT molecular complexity index is 213. The lowest BCUT2D eigenvalue weighted by atomic mass is 10.1. The van der Waals surface area contributed by atoms with E-state index in [0.717, 1.165) is 0 Å². The number of hydrogen-bond acceptors (Lipinski definition) is 4. The van der Waals surface area contributed by atoms with Crippen LogP contribution < -0.4 is 0 Å². The quantitative estimate of drug-likeness (QED) is 0.635. The van der Waals surface area contributed by atoms with Crippen molar-refractivity contribution < 1.29 is 23.5 Å². The summed E-state index contributed by atoms with van der Waals surface area (Å²) in [5.74, 6) is -1.23. The maximum atomic E-state index is 11.7. The first-order valence-electron chi connectivity index (χ1n) is 4.39. The van der Waals surface area contributed by atoms with Crippen LogP contribution in [0.2, 0.25) is 0 Å². The second-order valence-electron chi connectivity index (χ2n) is 3.16. The summed E-state index contributed by atoms with van der Waals surface area (Å²) >= 11 is 0. The molecule has 0 aliphatic rings. The summed E-state index contributed by atoms with van der Waals surface area (Å²) < 4.78 is 21.0. The van der Waals surface area contributed by atoms with Crippen LogP contribution in [0.1, 0.15) is 27.2 Å². The lowest BCUT2D eigenvalue weighted by molar-refractivity contribution is -0.178. The van der Waals surface area contributed by atoms with E-state index in [4.69, 9.17) is 4.74 Å². The highest BCUT2D eigenvalue weighted by Crippen LogP contribution is 2.12. The summed E-state index contributed by atoms with van der Waals surface area (Å²) in [5.41, 5.74) is -1.34. The SMILES string of the molecule is CCC(=O)OC(C)(C)C(=O)OCCF. The molecular weight excluding hydrogens is 191 g/mol. The van der Waals surface area contributed by atoms with Gasteiger partial charge in [0.05, 0.1) is 0 Å². The Morgan fingerprint density at radius 3 is 2.36 bits per heavy atom. The topological polar surface area (TPSA) is 52.6 Å². The van der Waals surface area contributed by atoms with Crippen LogP contribution in [0, 0.1) is 0 Å². The van der Waals surface area contributed by atoms with Gasteiger partial charge in [-0.2, -0.15) is 0 Å². The van der Waals surface area contributed by atoms with E-state index in [9.17, 15) is 14.0 Å². The van der Waals surface area contributed by atoms with Crippen molar-refractivity contribution in [2.24, 2.45) is 0 Å². The van der Waals surface area contributed by atoms with E-state index in [0.29, 0.717) is 0 Å². The standard InChI is InChI=1S/C9H15FO4/c1-4-7(11)14-9(2,3)8(12)13-6-5-10/h4-6H2,1-3H3. The van der Waals surface area contributed by atoms with Crippen LogP contribution in [0.3, 0.4) is 0 Å². The van der Waals surface area contributed by atoms with Crippen molar-refractivity contribution in [1.82, 2.24) is 0 Å². The predicted molar refractivity (Wildman–Crippen MR) is 47.4 cm³/mol. The van der Waals surface area contributed by atoms with E-state index in [2.05, 4.69) is 4.74 Å². The Hall–Kier alpha value is -1.13. The molecule has 0 heterocycles. The minimum absolute atomic E-state index is 0.180. The molecule has 0 aromatic heterocycles. The second-order valence-corrected chi connectivity index (χ2v) is 3.16. The molecule has 0 saturated heterocycles. The Morgan fingerprint density at radius 2 is 1.93 bits per heavy atom. The van der Waals surface area contributed by atoms with Crippen molar-refractivity contribution >= 4 is 11.9 Å². The summed E-state index contributed by atoms with van der Waals surface area (Å²) in [5, 5.41) is 0. The summed E-state index contributed by atoms with van der Waals surface area (Å²) in [6.07, 6.45) is 0.180. The van der Waals surface area contributed by atoms with Gasteiger partial charge in [0, 0.05) is 6.42 Å². The molecule has 0 unspecified atom stereocenters. The number of alkyl halides is 1. The van der Waals surface area contributed by atoms with Crippen molar-refractivity contribution in [2.45, 2.75) is 32.8 Å². The first kappa shape index (κ1) is 12.9. The lowest BCUT2D eigenvalue weighted by Gasteiger charge is -2.22. The van der Waals surface area contributed by atoms with Crippen LogP contribution in [0.25, 0.3) is 0 Å². The highest BCUT2D eigenvalue weighted by molar-refractivity contribution is 5.82. The van der Waals surface area contributed by atoms with Crippen molar-refractivity contribution in [1.29, 1.82) is 0 Å². The van der Waals surface area contributed by atoms with E-state index in [1.807, 2.05) is 0 Å². The molecule has 82 valence electrons. The van der Waals surface area contributed by atoms with Crippen molar-refractivity contribution in [3.05, 3.63) is 0 Å². The van der Waals surface area contributed by atoms with Crippen LogP contribution in [0.15, 0.2) is 0 Å². The molecule has 0 aromatic rings. The molecule has 0 amide bonds. The van der Waals surface area contributed by atoms with Gasteiger partial charge in [0.2, 0.25) is 5.60 Å². The lowest BCUT2D eigenvalue weighted by Crippen LogP contribution is -2.38. The van der Waals surface area contributed by atoms with Crippen LogP contribution in [-0.2, 0) is 19.1 Å². The molecule has 0 radical (unpaired) electrons. The monoisotopic (exact) mass is 206 g/mol. The van der Waals surface area contributed by atoms with Gasteiger partial charge in [-0.15, -0.1) is 0 Å². The van der Waals surface area contributed by atoms with Gasteiger partial charge in [-0.05, 0) is 13.8 Å². The van der Waals surface area contributed by atoms with Crippen LogP contribution in [0.4, 0.5) is 4.39 Å². The zero-order valence-electron chi connectivity index (χ0n) is 8.63. The number of halogens is 1. The molecule has 0 bridgehead atoms. The van der Waals surface area contributed by atoms with Gasteiger partial charge in [-0.3, -0.25) is 4.79 Å². The fourth-order valence-electron chi connectivity index (χ4n) is 0.703. The first-order chi connectivity index (χ1) is 6.44. The number of rotatable bonds is 5. The Labute approximate surface area is 82.4 Å². The molecule has 0 aromatic carbocycles. The van der Waals surface area contributed by atoms with Gasteiger partial charge in [0.1, 0.15) is 13.3 Å². The summed E-state index contributed by atoms with van der Waals surface area (Å²) in [4.78, 5) is 22.1. The number of carbonyl (C=O) groups excluding carboxylic acids is 2. The molecule has 0 aliphatic heterocycles. The largest absolute Gasteiger partial charge is 0.460 e. The predicted octanol–water partition coefficient (Wildman–Crippen LogP) is 1.23. The van der Waals surface area contributed by atoms with Crippen LogP contribution >= 0.6 is 0 Å². The van der Waals surface area contributed by atoms with Gasteiger partial charge in [0.15, 0.2) is 0 Å². The van der Waals surface area contributed by atoms with Crippen molar-refractivity contribution in [3.8, 4) is 0 Å². The zero-order valence-corrected chi connectivity index (χ0v) is 8.63. The maximum Gasteiger partial charge on any atom is 0.350 e. The summed E-state index contributed by atoms with van der Waals surface area (Å²) in [7, 11) is 0. The number of carbonyl (C=O) groups is 2. The minimum Gasteiger partial charge on any atom is -0.460 e. The van der Waals surface area contributed by atoms with Gasteiger partial charge in [-0.25, -0.2) is 9.18 Å². The normalized spacial score (nSPS) is 10.9. The number of esters is 2. The molecular formula is C9H15FO4.